The first-order valence-electron chi connectivity index (χ1n) is 9.71. The fraction of sp³-hybridized carbons (Fsp3) is 0.632. The van der Waals surface area contributed by atoms with Gasteiger partial charge >= 0.3 is 0 Å². The van der Waals surface area contributed by atoms with Crippen molar-refractivity contribution < 1.29 is 10.1 Å². The molecule has 0 radical (unpaired) electrons. The van der Waals surface area contributed by atoms with E-state index in [0.717, 1.165) is 35.3 Å². The Kier molecular flexibility index (Phi) is 3.99. The van der Waals surface area contributed by atoms with E-state index in [2.05, 4.69) is 24.1 Å². The summed E-state index contributed by atoms with van der Waals surface area (Å²) >= 11 is 1.74. The number of hydrogen-bond acceptors (Lipinski definition) is 5. The second-order valence-electron chi connectivity index (χ2n) is 8.29. The van der Waals surface area contributed by atoms with E-state index in [-0.39, 0.29) is 5.60 Å². The van der Waals surface area contributed by atoms with Crippen LogP contribution in [0.15, 0.2) is 6.33 Å². The zero-order valence-electron chi connectivity index (χ0n) is 15.5. The van der Waals surface area contributed by atoms with Gasteiger partial charge in [0, 0.05) is 11.3 Å². The van der Waals surface area contributed by atoms with E-state index < -0.39 is 0 Å². The van der Waals surface area contributed by atoms with Gasteiger partial charge in [0.15, 0.2) is 5.65 Å². The minimum absolute atomic E-state index is 0.133. The fourth-order valence-electron chi connectivity index (χ4n) is 4.31. The number of fused-ring (bicyclic) bond motifs is 5. The van der Waals surface area contributed by atoms with Gasteiger partial charge in [0.1, 0.15) is 17.7 Å². The highest BCUT2D eigenvalue weighted by Crippen LogP contribution is 2.39. The Labute approximate surface area is 157 Å². The molecule has 6 nitrogen and oxygen atoms in total. The molecule has 2 aliphatic rings. The lowest BCUT2D eigenvalue weighted by Crippen LogP contribution is -2.88. The zero-order chi connectivity index (χ0) is 17.7. The summed E-state index contributed by atoms with van der Waals surface area (Å²) in [5.74, 6) is 0.913. The third-order valence-electron chi connectivity index (χ3n) is 5.74. The molecule has 0 saturated heterocycles. The Bertz CT molecular complexity index is 954. The molecule has 0 bridgehead atoms. The first kappa shape index (κ1) is 16.6. The first-order chi connectivity index (χ1) is 12.6. The lowest BCUT2D eigenvalue weighted by molar-refractivity contribution is -0.707. The van der Waals surface area contributed by atoms with Crippen LogP contribution < -0.4 is 5.32 Å². The lowest BCUT2D eigenvalue weighted by Gasteiger charge is -2.30. The summed E-state index contributed by atoms with van der Waals surface area (Å²) in [6.45, 7) is 5.84. The Morgan fingerprint density at radius 2 is 2.15 bits per heavy atom. The minimum atomic E-state index is -0.133. The second kappa shape index (κ2) is 6.25. The SMILES string of the molecule is CC1(C)Cc2c(sc3ncn4nc(C[NH2+]C5CCCCC5)nc4c23)CO1. The molecule has 2 N–H and O–H groups in total. The molecule has 3 aromatic heterocycles. The summed E-state index contributed by atoms with van der Waals surface area (Å²) < 4.78 is 7.84. The van der Waals surface area contributed by atoms with Crippen molar-refractivity contribution in [3.8, 4) is 0 Å². The average molecular weight is 373 g/mol. The number of nitrogens with zero attached hydrogens (tertiary/aromatic N) is 4. The maximum Gasteiger partial charge on any atom is 0.206 e. The molecule has 0 unspecified atom stereocenters. The van der Waals surface area contributed by atoms with Gasteiger partial charge in [0.2, 0.25) is 5.82 Å². The molecule has 138 valence electrons. The first-order valence-corrected chi connectivity index (χ1v) is 10.5. The number of quaternary nitrogens is 1. The van der Waals surface area contributed by atoms with E-state index in [4.69, 9.17) is 14.8 Å². The van der Waals surface area contributed by atoms with Crippen LogP contribution >= 0.6 is 11.3 Å². The molecule has 1 saturated carbocycles. The van der Waals surface area contributed by atoms with E-state index in [1.165, 1.54) is 47.9 Å². The topological polar surface area (TPSA) is 68.9 Å². The summed E-state index contributed by atoms with van der Waals surface area (Å²) in [4.78, 5) is 11.9. The van der Waals surface area contributed by atoms with Crippen molar-refractivity contribution in [3.05, 3.63) is 22.6 Å². The van der Waals surface area contributed by atoms with Crippen LogP contribution in [-0.4, -0.2) is 31.2 Å². The standard InChI is InChI=1S/C19H25N5OS/c1-19(2)8-13-14(10-25-19)26-18-16(13)17-22-15(23-24(17)11-21-18)9-20-12-6-4-3-5-7-12/h11-12,20H,3-10H2,1-2H3/p+1. The number of thiophene rings is 1. The van der Waals surface area contributed by atoms with E-state index in [9.17, 15) is 0 Å². The fourth-order valence-corrected chi connectivity index (χ4v) is 5.38. The third kappa shape index (κ3) is 2.92. The normalized spacial score (nSPS) is 20.7. The lowest BCUT2D eigenvalue weighted by atomic mass is 9.94. The number of nitrogens with two attached hydrogens (primary N) is 1. The van der Waals surface area contributed by atoms with Crippen LogP contribution in [0.4, 0.5) is 0 Å². The summed E-state index contributed by atoms with van der Waals surface area (Å²) in [7, 11) is 0. The van der Waals surface area contributed by atoms with Crippen LogP contribution in [-0.2, 0) is 24.3 Å². The maximum absolute atomic E-state index is 5.98. The van der Waals surface area contributed by atoms with Crippen LogP contribution in [0.25, 0.3) is 15.9 Å². The van der Waals surface area contributed by atoms with Crippen molar-refractivity contribution in [1.82, 2.24) is 19.6 Å². The number of rotatable bonds is 3. The molecule has 0 aromatic carbocycles. The van der Waals surface area contributed by atoms with Crippen LogP contribution in [0.1, 0.15) is 62.2 Å². The number of ether oxygens (including phenoxy) is 1. The van der Waals surface area contributed by atoms with E-state index in [1.807, 2.05) is 10.8 Å². The Morgan fingerprint density at radius 3 is 3.00 bits per heavy atom. The van der Waals surface area contributed by atoms with Crippen LogP contribution in [0, 0.1) is 0 Å². The van der Waals surface area contributed by atoms with Crippen molar-refractivity contribution in [3.63, 3.8) is 0 Å². The maximum atomic E-state index is 5.98. The highest BCUT2D eigenvalue weighted by atomic mass is 32.1. The van der Waals surface area contributed by atoms with Gasteiger partial charge in [0.25, 0.3) is 0 Å². The molecule has 26 heavy (non-hydrogen) atoms. The predicted molar refractivity (Wildman–Crippen MR) is 101 cm³/mol. The predicted octanol–water partition coefficient (Wildman–Crippen LogP) is 2.59. The van der Waals surface area contributed by atoms with Crippen molar-refractivity contribution in [2.75, 3.05) is 0 Å². The summed E-state index contributed by atoms with van der Waals surface area (Å²) in [5, 5.41) is 8.31. The molecule has 3 aromatic rings. The largest absolute Gasteiger partial charge is 0.370 e. The van der Waals surface area contributed by atoms with Gasteiger partial charge in [0.05, 0.1) is 23.6 Å². The van der Waals surface area contributed by atoms with Crippen molar-refractivity contribution in [2.24, 2.45) is 0 Å². The average Bonchev–Trinajstić information content (AvgIpc) is 3.20. The van der Waals surface area contributed by atoms with Gasteiger partial charge in [-0.1, -0.05) is 6.42 Å². The van der Waals surface area contributed by atoms with Crippen LogP contribution in [0.3, 0.4) is 0 Å². The molecular formula is C19H26N5OS+. The van der Waals surface area contributed by atoms with Gasteiger partial charge in [-0.2, -0.15) is 0 Å². The number of hydrogen-bond donors (Lipinski definition) is 1. The van der Waals surface area contributed by atoms with Gasteiger partial charge in [-0.3, -0.25) is 0 Å². The summed E-state index contributed by atoms with van der Waals surface area (Å²) in [6, 6.07) is 0.736. The molecule has 7 heteroatoms. The Morgan fingerprint density at radius 1 is 1.31 bits per heavy atom. The molecular weight excluding hydrogens is 346 g/mol. The quantitative estimate of drug-likeness (QED) is 0.767. The summed E-state index contributed by atoms with van der Waals surface area (Å²) in [5.41, 5.74) is 2.18. The smallest absolute Gasteiger partial charge is 0.206 e. The van der Waals surface area contributed by atoms with Crippen molar-refractivity contribution >= 4 is 27.2 Å². The van der Waals surface area contributed by atoms with Gasteiger partial charge in [-0.05, 0) is 45.1 Å². The van der Waals surface area contributed by atoms with Gasteiger partial charge in [-0.25, -0.2) is 14.5 Å². The van der Waals surface area contributed by atoms with Crippen molar-refractivity contribution in [1.29, 1.82) is 0 Å². The van der Waals surface area contributed by atoms with E-state index >= 15 is 0 Å². The monoisotopic (exact) mass is 372 g/mol. The molecule has 1 fully saturated rings. The second-order valence-corrected chi connectivity index (χ2v) is 9.37. The molecule has 0 atom stereocenters. The summed E-state index contributed by atoms with van der Waals surface area (Å²) in [6.07, 6.45) is 9.48. The highest BCUT2D eigenvalue weighted by Gasteiger charge is 2.31. The Balaban J connectivity index is 1.49. The molecule has 0 spiro atoms. The minimum Gasteiger partial charge on any atom is -0.370 e. The van der Waals surface area contributed by atoms with E-state index in [0.29, 0.717) is 6.61 Å². The molecule has 1 aliphatic carbocycles. The third-order valence-corrected chi connectivity index (χ3v) is 6.85. The molecule has 0 amide bonds. The van der Waals surface area contributed by atoms with Crippen LogP contribution in [0.2, 0.25) is 0 Å². The van der Waals surface area contributed by atoms with Gasteiger partial charge < -0.3 is 10.1 Å². The molecule has 5 rings (SSSR count). The van der Waals surface area contributed by atoms with Crippen molar-refractivity contribution in [2.45, 2.75) is 77.2 Å². The molecule has 1 aliphatic heterocycles. The van der Waals surface area contributed by atoms with Crippen LogP contribution in [0.5, 0.6) is 0 Å². The highest BCUT2D eigenvalue weighted by molar-refractivity contribution is 7.19. The zero-order valence-corrected chi connectivity index (χ0v) is 16.3. The molecule has 4 heterocycles. The number of aromatic nitrogens is 4. The Hall–Kier alpha value is -1.57. The van der Waals surface area contributed by atoms with E-state index in [1.54, 1.807) is 11.3 Å². The van der Waals surface area contributed by atoms with Gasteiger partial charge in [-0.15, -0.1) is 16.4 Å².